The number of nitrogens with zero attached hydrogens (tertiary/aromatic N) is 3. The smallest absolute Gasteiger partial charge is 0.191 e. The molecule has 2 aromatic rings. The highest BCUT2D eigenvalue weighted by Gasteiger charge is 2.04. The van der Waals surface area contributed by atoms with Crippen LogP contribution in [0.4, 0.5) is 0 Å². The molecule has 118 valence electrons. The van der Waals surface area contributed by atoms with Crippen LogP contribution in [0.3, 0.4) is 0 Å². The number of nitrogens with one attached hydrogen (secondary N) is 2. The largest absolute Gasteiger partial charge is 0.357 e. The Hall–Kier alpha value is -1.95. The number of para-hydroxylation sites is 1. The Kier molecular flexibility index (Phi) is 6.83. The van der Waals surface area contributed by atoms with E-state index >= 15 is 0 Å². The van der Waals surface area contributed by atoms with E-state index in [1.807, 2.05) is 41.0 Å². The first-order valence-electron chi connectivity index (χ1n) is 7.42. The monoisotopic (exact) mass is 317 g/mol. The van der Waals surface area contributed by atoms with Gasteiger partial charge in [0.2, 0.25) is 0 Å². The van der Waals surface area contributed by atoms with Gasteiger partial charge in [-0.05, 0) is 24.8 Å². The minimum Gasteiger partial charge on any atom is -0.357 e. The van der Waals surface area contributed by atoms with E-state index in [1.165, 1.54) is 5.56 Å². The molecular formula is C16H23N5S. The molecule has 0 unspecified atom stereocenters. The van der Waals surface area contributed by atoms with Crippen LogP contribution >= 0.6 is 11.8 Å². The zero-order valence-corrected chi connectivity index (χ0v) is 13.9. The van der Waals surface area contributed by atoms with Crippen LogP contribution in [0.2, 0.25) is 0 Å². The molecule has 0 fully saturated rings. The normalized spacial score (nSPS) is 11.5. The maximum atomic E-state index is 4.68. The fourth-order valence-electron chi connectivity index (χ4n) is 2.08. The maximum Gasteiger partial charge on any atom is 0.191 e. The van der Waals surface area contributed by atoms with E-state index < -0.39 is 0 Å². The van der Waals surface area contributed by atoms with Crippen molar-refractivity contribution in [3.05, 3.63) is 48.5 Å². The summed E-state index contributed by atoms with van der Waals surface area (Å²) in [4.78, 5) is 8.79. The molecule has 0 aliphatic carbocycles. The molecule has 0 aliphatic rings. The third-order valence-corrected chi connectivity index (χ3v) is 3.74. The first-order valence-corrected chi connectivity index (χ1v) is 8.82. The van der Waals surface area contributed by atoms with Crippen molar-refractivity contribution in [1.29, 1.82) is 0 Å². The predicted molar refractivity (Wildman–Crippen MR) is 94.8 cm³/mol. The highest BCUT2D eigenvalue weighted by molar-refractivity contribution is 7.98. The van der Waals surface area contributed by atoms with Crippen molar-refractivity contribution in [2.45, 2.75) is 13.5 Å². The summed E-state index contributed by atoms with van der Waals surface area (Å²) in [6.45, 7) is 4.47. The van der Waals surface area contributed by atoms with Gasteiger partial charge in [-0.3, -0.25) is 0 Å². The van der Waals surface area contributed by atoms with Crippen molar-refractivity contribution in [1.82, 2.24) is 20.2 Å². The molecule has 0 atom stereocenters. The Labute approximate surface area is 136 Å². The standard InChI is InChI=1S/C16H23N5S/c1-3-18-16(19-9-11-22-2)20-12-14-6-4-5-7-15(14)21-10-8-17-13-21/h4-8,10,13H,3,9,11-12H2,1-2H3,(H2,18,19,20). The Morgan fingerprint density at radius 1 is 1.32 bits per heavy atom. The summed E-state index contributed by atoms with van der Waals surface area (Å²) in [6, 6.07) is 8.26. The van der Waals surface area contributed by atoms with Crippen LogP contribution < -0.4 is 10.6 Å². The first kappa shape index (κ1) is 16.4. The summed E-state index contributed by atoms with van der Waals surface area (Å²) in [7, 11) is 0. The number of benzene rings is 1. The second-order valence-corrected chi connectivity index (χ2v) is 5.70. The fraction of sp³-hybridized carbons (Fsp3) is 0.375. The zero-order chi connectivity index (χ0) is 15.6. The summed E-state index contributed by atoms with van der Waals surface area (Å²) < 4.78 is 2.01. The van der Waals surface area contributed by atoms with Gasteiger partial charge in [-0.2, -0.15) is 11.8 Å². The molecule has 0 saturated carbocycles. The van der Waals surface area contributed by atoms with Crippen molar-refractivity contribution < 1.29 is 0 Å². The minimum atomic E-state index is 0.628. The van der Waals surface area contributed by atoms with Gasteiger partial charge in [-0.1, -0.05) is 18.2 Å². The predicted octanol–water partition coefficient (Wildman–Crippen LogP) is 2.29. The third kappa shape index (κ3) is 4.80. The Morgan fingerprint density at radius 2 is 2.18 bits per heavy atom. The molecule has 0 amide bonds. The molecule has 22 heavy (non-hydrogen) atoms. The number of thioether (sulfide) groups is 1. The number of aliphatic imine (C=N–C) groups is 1. The lowest BCUT2D eigenvalue weighted by molar-refractivity contribution is 0.841. The van der Waals surface area contributed by atoms with Crippen molar-refractivity contribution >= 4 is 17.7 Å². The highest BCUT2D eigenvalue weighted by Crippen LogP contribution is 2.14. The van der Waals surface area contributed by atoms with Crippen LogP contribution in [0.5, 0.6) is 0 Å². The molecule has 2 N–H and O–H groups in total. The van der Waals surface area contributed by atoms with E-state index in [2.05, 4.69) is 45.9 Å². The Bertz CT molecular complexity index is 580. The molecule has 1 heterocycles. The molecule has 0 spiro atoms. The van der Waals surface area contributed by atoms with Crippen LogP contribution in [0, 0.1) is 0 Å². The topological polar surface area (TPSA) is 54.2 Å². The summed E-state index contributed by atoms with van der Waals surface area (Å²) in [5, 5.41) is 6.62. The van der Waals surface area contributed by atoms with Gasteiger partial charge in [0.25, 0.3) is 0 Å². The summed E-state index contributed by atoms with van der Waals surface area (Å²) in [5.74, 6) is 1.92. The van der Waals surface area contributed by atoms with E-state index in [-0.39, 0.29) is 0 Å². The lowest BCUT2D eigenvalue weighted by atomic mass is 10.2. The lowest BCUT2D eigenvalue weighted by Crippen LogP contribution is -2.38. The van der Waals surface area contributed by atoms with Crippen LogP contribution in [-0.2, 0) is 6.54 Å². The van der Waals surface area contributed by atoms with Gasteiger partial charge in [0, 0.05) is 31.2 Å². The number of guanidine groups is 1. The summed E-state index contributed by atoms with van der Waals surface area (Å²) in [5.41, 5.74) is 2.28. The molecule has 1 aromatic heterocycles. The average Bonchev–Trinajstić information content (AvgIpc) is 3.07. The van der Waals surface area contributed by atoms with Crippen LogP contribution in [0.25, 0.3) is 5.69 Å². The van der Waals surface area contributed by atoms with Gasteiger partial charge in [-0.25, -0.2) is 9.98 Å². The van der Waals surface area contributed by atoms with E-state index in [0.29, 0.717) is 6.54 Å². The molecule has 2 rings (SSSR count). The second kappa shape index (κ2) is 9.15. The zero-order valence-electron chi connectivity index (χ0n) is 13.1. The number of imidazole rings is 1. The summed E-state index contributed by atoms with van der Waals surface area (Å²) in [6.07, 6.45) is 7.65. The van der Waals surface area contributed by atoms with E-state index in [0.717, 1.165) is 30.5 Å². The first-order chi connectivity index (χ1) is 10.8. The number of hydrogen-bond acceptors (Lipinski definition) is 3. The van der Waals surface area contributed by atoms with Crippen molar-refractivity contribution in [2.24, 2.45) is 4.99 Å². The SMILES string of the molecule is CCNC(=NCc1ccccc1-n1ccnc1)NCCSC. The van der Waals surface area contributed by atoms with E-state index in [9.17, 15) is 0 Å². The highest BCUT2D eigenvalue weighted by atomic mass is 32.2. The van der Waals surface area contributed by atoms with Crippen molar-refractivity contribution in [3.8, 4) is 5.69 Å². The fourth-order valence-corrected chi connectivity index (χ4v) is 2.38. The average molecular weight is 317 g/mol. The molecule has 0 radical (unpaired) electrons. The lowest BCUT2D eigenvalue weighted by Gasteiger charge is -2.12. The number of rotatable bonds is 7. The number of hydrogen-bond donors (Lipinski definition) is 2. The molecular weight excluding hydrogens is 294 g/mol. The van der Waals surface area contributed by atoms with Crippen molar-refractivity contribution in [2.75, 3.05) is 25.1 Å². The maximum absolute atomic E-state index is 4.68. The molecule has 0 aliphatic heterocycles. The van der Waals surface area contributed by atoms with E-state index in [4.69, 9.17) is 0 Å². The van der Waals surface area contributed by atoms with Gasteiger partial charge in [-0.15, -0.1) is 0 Å². The van der Waals surface area contributed by atoms with Crippen LogP contribution in [-0.4, -0.2) is 40.6 Å². The molecule has 1 aromatic carbocycles. The van der Waals surface area contributed by atoms with Crippen molar-refractivity contribution in [3.63, 3.8) is 0 Å². The summed E-state index contributed by atoms with van der Waals surface area (Å²) >= 11 is 1.82. The van der Waals surface area contributed by atoms with Gasteiger partial charge in [0.15, 0.2) is 5.96 Å². The molecule has 0 bridgehead atoms. The third-order valence-electron chi connectivity index (χ3n) is 3.12. The molecule has 6 heteroatoms. The molecule has 0 saturated heterocycles. The number of aromatic nitrogens is 2. The second-order valence-electron chi connectivity index (χ2n) is 4.71. The minimum absolute atomic E-state index is 0.628. The van der Waals surface area contributed by atoms with Gasteiger partial charge in [0.05, 0.1) is 18.6 Å². The van der Waals surface area contributed by atoms with E-state index in [1.54, 1.807) is 6.20 Å². The van der Waals surface area contributed by atoms with Gasteiger partial charge in [0.1, 0.15) is 0 Å². The van der Waals surface area contributed by atoms with Gasteiger partial charge >= 0.3 is 0 Å². The van der Waals surface area contributed by atoms with Crippen LogP contribution in [0.15, 0.2) is 48.0 Å². The van der Waals surface area contributed by atoms with Gasteiger partial charge < -0.3 is 15.2 Å². The quantitative estimate of drug-likeness (QED) is 0.467. The Balaban J connectivity index is 2.10. The van der Waals surface area contributed by atoms with Crippen LogP contribution in [0.1, 0.15) is 12.5 Å². The Morgan fingerprint density at radius 3 is 2.91 bits per heavy atom. The molecule has 5 nitrogen and oxygen atoms in total.